The molecular formula is C16H25NO3. The van der Waals surface area contributed by atoms with Gasteiger partial charge in [0, 0.05) is 0 Å². The number of esters is 1. The van der Waals surface area contributed by atoms with E-state index in [2.05, 4.69) is 6.92 Å². The van der Waals surface area contributed by atoms with Crippen LogP contribution in [0.3, 0.4) is 0 Å². The van der Waals surface area contributed by atoms with Crippen LogP contribution in [-0.4, -0.2) is 17.7 Å². The predicted octanol–water partition coefficient (Wildman–Crippen LogP) is 3.30. The summed E-state index contributed by atoms with van der Waals surface area (Å²) in [5.74, 6) is -0.259. The molecule has 20 heavy (non-hydrogen) atoms. The lowest BCUT2D eigenvalue weighted by Crippen LogP contribution is -2.24. The number of hydrogen-bond donors (Lipinski definition) is 2. The molecular weight excluding hydrogens is 254 g/mol. The number of unbranched alkanes of at least 4 members (excludes halogenated alkanes) is 5. The summed E-state index contributed by atoms with van der Waals surface area (Å²) >= 11 is 0. The van der Waals surface area contributed by atoms with Crippen molar-refractivity contribution in [3.05, 3.63) is 29.8 Å². The van der Waals surface area contributed by atoms with Gasteiger partial charge in [-0.25, -0.2) is 4.79 Å². The van der Waals surface area contributed by atoms with E-state index in [4.69, 9.17) is 10.5 Å². The minimum Gasteiger partial charge on any atom is -0.508 e. The van der Waals surface area contributed by atoms with Crippen molar-refractivity contribution in [2.24, 2.45) is 5.73 Å². The molecule has 3 N–H and O–H groups in total. The number of carbonyl (C=O) groups is 1. The molecule has 0 bridgehead atoms. The first-order valence-corrected chi connectivity index (χ1v) is 7.36. The molecule has 0 saturated carbocycles. The Hall–Kier alpha value is -1.55. The molecule has 112 valence electrons. The molecule has 0 amide bonds. The van der Waals surface area contributed by atoms with Gasteiger partial charge in [0.05, 0.1) is 6.61 Å². The number of phenols is 1. The second-order valence-electron chi connectivity index (χ2n) is 5.00. The zero-order chi connectivity index (χ0) is 14.8. The number of benzene rings is 1. The zero-order valence-electron chi connectivity index (χ0n) is 12.2. The average Bonchev–Trinajstić information content (AvgIpc) is 2.46. The van der Waals surface area contributed by atoms with Crippen LogP contribution < -0.4 is 5.73 Å². The summed E-state index contributed by atoms with van der Waals surface area (Å²) in [6, 6.07) is 5.50. The number of phenolic OH excluding ortho intramolecular Hbond substituents is 1. The van der Waals surface area contributed by atoms with Gasteiger partial charge in [0.2, 0.25) is 0 Å². The highest BCUT2D eigenvalue weighted by Gasteiger charge is 2.16. The highest BCUT2D eigenvalue weighted by Crippen LogP contribution is 2.16. The molecule has 0 heterocycles. The second-order valence-corrected chi connectivity index (χ2v) is 5.00. The lowest BCUT2D eigenvalue weighted by molar-refractivity contribution is -0.145. The Kier molecular flexibility index (Phi) is 7.73. The van der Waals surface area contributed by atoms with E-state index in [0.717, 1.165) is 12.8 Å². The monoisotopic (exact) mass is 279 g/mol. The highest BCUT2D eigenvalue weighted by atomic mass is 16.5. The van der Waals surface area contributed by atoms with Crippen LogP contribution in [0, 0.1) is 0 Å². The Balaban J connectivity index is 2.20. The summed E-state index contributed by atoms with van der Waals surface area (Å²) in [4.78, 5) is 11.8. The van der Waals surface area contributed by atoms with Gasteiger partial charge in [-0.1, -0.05) is 51.2 Å². The first-order valence-electron chi connectivity index (χ1n) is 7.36. The third-order valence-electron chi connectivity index (χ3n) is 3.25. The summed E-state index contributed by atoms with van der Waals surface area (Å²) in [5.41, 5.74) is 6.46. The maximum Gasteiger partial charge on any atom is 0.327 e. The molecule has 0 aliphatic heterocycles. The fourth-order valence-corrected chi connectivity index (χ4v) is 1.96. The van der Waals surface area contributed by atoms with E-state index in [-0.39, 0.29) is 5.75 Å². The SMILES string of the molecule is CCCCCCCCOC(=O)[C@@H](N)c1ccc(O)cc1. The topological polar surface area (TPSA) is 72.5 Å². The molecule has 1 aromatic carbocycles. The molecule has 0 aliphatic rings. The fraction of sp³-hybridized carbons (Fsp3) is 0.562. The third-order valence-corrected chi connectivity index (χ3v) is 3.25. The molecule has 0 aromatic heterocycles. The van der Waals surface area contributed by atoms with E-state index < -0.39 is 12.0 Å². The molecule has 1 rings (SSSR count). The molecule has 0 spiro atoms. The van der Waals surface area contributed by atoms with Gasteiger partial charge in [0.15, 0.2) is 0 Å². The first-order chi connectivity index (χ1) is 9.65. The van der Waals surface area contributed by atoms with Crippen molar-refractivity contribution in [2.45, 2.75) is 51.5 Å². The quantitative estimate of drug-likeness (QED) is 0.537. The fourth-order valence-electron chi connectivity index (χ4n) is 1.96. The van der Waals surface area contributed by atoms with Crippen LogP contribution in [-0.2, 0) is 9.53 Å². The van der Waals surface area contributed by atoms with Crippen LogP contribution in [0.4, 0.5) is 0 Å². The van der Waals surface area contributed by atoms with E-state index >= 15 is 0 Å². The summed E-state index contributed by atoms with van der Waals surface area (Å²) in [5, 5.41) is 9.18. The van der Waals surface area contributed by atoms with Gasteiger partial charge in [0.1, 0.15) is 11.8 Å². The lowest BCUT2D eigenvalue weighted by Gasteiger charge is -2.12. The molecule has 1 atom stereocenters. The van der Waals surface area contributed by atoms with Crippen molar-refractivity contribution in [1.29, 1.82) is 0 Å². The molecule has 0 saturated heterocycles. The van der Waals surface area contributed by atoms with E-state index in [1.807, 2.05) is 0 Å². The maximum absolute atomic E-state index is 11.8. The van der Waals surface area contributed by atoms with Gasteiger partial charge in [-0.3, -0.25) is 0 Å². The van der Waals surface area contributed by atoms with E-state index in [9.17, 15) is 9.90 Å². The van der Waals surface area contributed by atoms with Crippen molar-refractivity contribution in [1.82, 2.24) is 0 Å². The Bertz CT molecular complexity index is 389. The van der Waals surface area contributed by atoms with E-state index in [0.29, 0.717) is 12.2 Å². The van der Waals surface area contributed by atoms with Crippen LogP contribution in [0.2, 0.25) is 0 Å². The minimum absolute atomic E-state index is 0.154. The zero-order valence-corrected chi connectivity index (χ0v) is 12.2. The van der Waals surface area contributed by atoms with Crippen molar-refractivity contribution < 1.29 is 14.6 Å². The van der Waals surface area contributed by atoms with Crippen LogP contribution in [0.5, 0.6) is 5.75 Å². The van der Waals surface area contributed by atoms with E-state index in [1.165, 1.54) is 37.8 Å². The average molecular weight is 279 g/mol. The van der Waals surface area contributed by atoms with Crippen molar-refractivity contribution in [3.8, 4) is 5.75 Å². The van der Waals surface area contributed by atoms with Crippen LogP contribution in [0.15, 0.2) is 24.3 Å². The highest BCUT2D eigenvalue weighted by molar-refractivity contribution is 5.77. The number of hydrogen-bond acceptors (Lipinski definition) is 4. The molecule has 0 fully saturated rings. The normalized spacial score (nSPS) is 12.1. The van der Waals surface area contributed by atoms with E-state index in [1.54, 1.807) is 12.1 Å². The molecule has 0 aliphatic carbocycles. The van der Waals surface area contributed by atoms with Gasteiger partial charge >= 0.3 is 5.97 Å². The number of rotatable bonds is 9. The Morgan fingerprint density at radius 2 is 1.75 bits per heavy atom. The number of nitrogens with two attached hydrogens (primary N) is 1. The number of ether oxygens (including phenoxy) is 1. The van der Waals surface area contributed by atoms with Gasteiger partial charge in [-0.15, -0.1) is 0 Å². The van der Waals surface area contributed by atoms with Crippen LogP contribution in [0.25, 0.3) is 0 Å². The van der Waals surface area contributed by atoms with Crippen LogP contribution >= 0.6 is 0 Å². The van der Waals surface area contributed by atoms with Gasteiger partial charge in [-0.2, -0.15) is 0 Å². The van der Waals surface area contributed by atoms with Gasteiger partial charge in [0.25, 0.3) is 0 Å². The van der Waals surface area contributed by atoms with Crippen LogP contribution in [0.1, 0.15) is 57.1 Å². The first kappa shape index (κ1) is 16.5. The second kappa shape index (κ2) is 9.37. The Labute approximate surface area is 120 Å². The Morgan fingerprint density at radius 1 is 1.15 bits per heavy atom. The summed E-state index contributed by atoms with van der Waals surface area (Å²) in [6.07, 6.45) is 6.91. The maximum atomic E-state index is 11.8. The summed E-state index contributed by atoms with van der Waals surface area (Å²) in [7, 11) is 0. The summed E-state index contributed by atoms with van der Waals surface area (Å²) in [6.45, 7) is 2.61. The summed E-state index contributed by atoms with van der Waals surface area (Å²) < 4.78 is 5.17. The Morgan fingerprint density at radius 3 is 2.40 bits per heavy atom. The minimum atomic E-state index is -0.782. The van der Waals surface area contributed by atoms with Crippen molar-refractivity contribution in [3.63, 3.8) is 0 Å². The molecule has 0 radical (unpaired) electrons. The largest absolute Gasteiger partial charge is 0.508 e. The standard InChI is InChI=1S/C16H25NO3/c1-2-3-4-5-6-7-12-20-16(19)15(17)13-8-10-14(18)11-9-13/h8-11,15,18H,2-7,12,17H2,1H3/t15-/m0/s1. The van der Waals surface area contributed by atoms with Gasteiger partial charge in [-0.05, 0) is 24.1 Å². The van der Waals surface area contributed by atoms with Crippen molar-refractivity contribution in [2.75, 3.05) is 6.61 Å². The lowest BCUT2D eigenvalue weighted by atomic mass is 10.1. The third kappa shape index (κ3) is 6.06. The molecule has 4 nitrogen and oxygen atoms in total. The number of carbonyl (C=O) groups excluding carboxylic acids is 1. The number of aromatic hydroxyl groups is 1. The van der Waals surface area contributed by atoms with Gasteiger partial charge < -0.3 is 15.6 Å². The molecule has 0 unspecified atom stereocenters. The molecule has 1 aromatic rings. The molecule has 4 heteroatoms. The van der Waals surface area contributed by atoms with Crippen molar-refractivity contribution >= 4 is 5.97 Å². The smallest absolute Gasteiger partial charge is 0.327 e. The predicted molar refractivity (Wildman–Crippen MR) is 79.4 cm³/mol.